The SMILES string of the molecule is Cc1cc(C)c(S(=O)(=O)N2CCC[C@@H](C(=O)NCc3ccc(S(=O)(=O)N4CCOCC4)cc3)C2)c(C)c1. The molecule has 2 fully saturated rings. The van der Waals surface area contributed by atoms with Crippen molar-refractivity contribution in [3.05, 3.63) is 58.7 Å². The summed E-state index contributed by atoms with van der Waals surface area (Å²) >= 11 is 0. The number of piperidine rings is 1. The summed E-state index contributed by atoms with van der Waals surface area (Å²) in [4.78, 5) is 13.5. The molecule has 0 unspecified atom stereocenters. The van der Waals surface area contributed by atoms with E-state index in [1.807, 2.05) is 19.1 Å². The van der Waals surface area contributed by atoms with Gasteiger partial charge in [-0.2, -0.15) is 8.61 Å². The van der Waals surface area contributed by atoms with E-state index in [9.17, 15) is 21.6 Å². The molecule has 2 aromatic rings. The van der Waals surface area contributed by atoms with Crippen molar-refractivity contribution in [1.29, 1.82) is 0 Å². The predicted octanol–water partition coefficient (Wildman–Crippen LogP) is 2.35. The quantitative estimate of drug-likeness (QED) is 0.567. The molecule has 11 heteroatoms. The van der Waals surface area contributed by atoms with Gasteiger partial charge in [-0.05, 0) is 62.4 Å². The second kappa shape index (κ2) is 11.2. The van der Waals surface area contributed by atoms with Crippen LogP contribution < -0.4 is 5.32 Å². The fourth-order valence-electron chi connectivity index (χ4n) is 5.13. The number of amides is 1. The van der Waals surface area contributed by atoms with Crippen LogP contribution in [0.3, 0.4) is 0 Å². The standard InChI is InChI=1S/C26H35N3O6S2/c1-19-15-20(2)25(21(3)16-19)37(33,34)29-10-4-5-23(18-29)26(30)27-17-22-6-8-24(9-7-22)36(31,32)28-11-13-35-14-12-28/h6-9,15-16,23H,4-5,10-14,17-18H2,1-3H3,(H,27,30)/t23-/m1/s1. The van der Waals surface area contributed by atoms with Gasteiger partial charge in [-0.3, -0.25) is 4.79 Å². The molecule has 0 aromatic heterocycles. The van der Waals surface area contributed by atoms with E-state index >= 15 is 0 Å². The molecule has 4 rings (SSSR count). The minimum Gasteiger partial charge on any atom is -0.379 e. The van der Waals surface area contributed by atoms with Crippen molar-refractivity contribution in [2.75, 3.05) is 39.4 Å². The summed E-state index contributed by atoms with van der Waals surface area (Å²) in [6, 6.07) is 10.2. The molecule has 2 aromatic carbocycles. The van der Waals surface area contributed by atoms with Crippen LogP contribution in [0.15, 0.2) is 46.2 Å². The number of ether oxygens (including phenoxy) is 1. The van der Waals surface area contributed by atoms with Gasteiger partial charge in [0.1, 0.15) is 0 Å². The fourth-order valence-corrected chi connectivity index (χ4v) is 8.47. The molecule has 1 atom stereocenters. The molecule has 2 aliphatic rings. The number of benzene rings is 2. The number of morpholine rings is 1. The van der Waals surface area contributed by atoms with Crippen molar-refractivity contribution in [2.24, 2.45) is 5.92 Å². The molecule has 202 valence electrons. The van der Waals surface area contributed by atoms with Crippen LogP contribution in [-0.4, -0.2) is 70.7 Å². The highest BCUT2D eigenvalue weighted by atomic mass is 32.2. The molecule has 1 amide bonds. The molecule has 2 saturated heterocycles. The maximum Gasteiger partial charge on any atom is 0.243 e. The second-order valence-corrected chi connectivity index (χ2v) is 13.6. The lowest BCUT2D eigenvalue weighted by Crippen LogP contribution is -2.45. The summed E-state index contributed by atoms with van der Waals surface area (Å²) in [6.07, 6.45) is 1.22. The van der Waals surface area contributed by atoms with Gasteiger partial charge in [-0.25, -0.2) is 16.8 Å². The third-order valence-electron chi connectivity index (χ3n) is 6.96. The van der Waals surface area contributed by atoms with Gasteiger partial charge in [-0.1, -0.05) is 29.8 Å². The number of carbonyl (C=O) groups excluding carboxylic acids is 1. The van der Waals surface area contributed by atoms with Crippen LogP contribution in [-0.2, 0) is 36.1 Å². The van der Waals surface area contributed by atoms with Crippen molar-refractivity contribution in [1.82, 2.24) is 13.9 Å². The van der Waals surface area contributed by atoms with Gasteiger partial charge in [0.15, 0.2) is 0 Å². The van der Waals surface area contributed by atoms with Crippen LogP contribution in [0, 0.1) is 26.7 Å². The van der Waals surface area contributed by atoms with Gasteiger partial charge in [0.2, 0.25) is 26.0 Å². The number of hydrogen-bond donors (Lipinski definition) is 1. The van der Waals surface area contributed by atoms with E-state index in [0.717, 1.165) is 11.1 Å². The number of rotatable bonds is 7. The third kappa shape index (κ3) is 6.06. The van der Waals surface area contributed by atoms with E-state index in [0.29, 0.717) is 61.7 Å². The van der Waals surface area contributed by atoms with E-state index in [1.165, 1.54) is 8.61 Å². The Bertz CT molecular complexity index is 1330. The van der Waals surface area contributed by atoms with E-state index in [4.69, 9.17) is 4.74 Å². The van der Waals surface area contributed by atoms with E-state index in [-0.39, 0.29) is 23.9 Å². The third-order valence-corrected chi connectivity index (χ3v) is 11.0. The first-order chi connectivity index (χ1) is 17.5. The molecular formula is C26H35N3O6S2. The minimum absolute atomic E-state index is 0.137. The van der Waals surface area contributed by atoms with Crippen molar-refractivity contribution in [2.45, 2.75) is 49.9 Å². The average molecular weight is 550 g/mol. The van der Waals surface area contributed by atoms with Crippen LogP contribution >= 0.6 is 0 Å². The maximum atomic E-state index is 13.4. The molecule has 0 saturated carbocycles. The summed E-state index contributed by atoms with van der Waals surface area (Å²) in [7, 11) is -7.29. The number of carbonyl (C=O) groups is 1. The lowest BCUT2D eigenvalue weighted by molar-refractivity contribution is -0.126. The minimum atomic E-state index is -3.72. The Morgan fingerprint density at radius 2 is 1.54 bits per heavy atom. The van der Waals surface area contributed by atoms with E-state index in [2.05, 4.69) is 5.32 Å². The monoisotopic (exact) mass is 549 g/mol. The van der Waals surface area contributed by atoms with Gasteiger partial charge in [0.05, 0.1) is 28.9 Å². The summed E-state index contributed by atoms with van der Waals surface area (Å²) in [5.41, 5.74) is 3.20. The first-order valence-corrected chi connectivity index (χ1v) is 15.4. The maximum absolute atomic E-state index is 13.4. The zero-order chi connectivity index (χ0) is 26.8. The summed E-state index contributed by atoms with van der Waals surface area (Å²) < 4.78 is 60.6. The van der Waals surface area contributed by atoms with E-state index in [1.54, 1.807) is 38.1 Å². The zero-order valence-corrected chi connectivity index (χ0v) is 23.2. The van der Waals surface area contributed by atoms with Gasteiger partial charge in [0, 0.05) is 32.7 Å². The van der Waals surface area contributed by atoms with E-state index < -0.39 is 26.0 Å². The molecular weight excluding hydrogens is 514 g/mol. The van der Waals surface area contributed by atoms with Crippen LogP contribution in [0.5, 0.6) is 0 Å². The molecule has 1 N–H and O–H groups in total. The zero-order valence-electron chi connectivity index (χ0n) is 21.6. The summed E-state index contributed by atoms with van der Waals surface area (Å²) in [5, 5.41) is 2.90. The lowest BCUT2D eigenvalue weighted by atomic mass is 9.99. The molecule has 0 radical (unpaired) electrons. The molecule has 2 aliphatic heterocycles. The Morgan fingerprint density at radius 3 is 2.16 bits per heavy atom. The number of hydrogen-bond acceptors (Lipinski definition) is 6. The van der Waals surface area contributed by atoms with Gasteiger partial charge in [-0.15, -0.1) is 0 Å². The number of aryl methyl sites for hydroxylation is 3. The highest BCUT2D eigenvalue weighted by Gasteiger charge is 2.35. The summed E-state index contributed by atoms with van der Waals surface area (Å²) in [5.74, 6) is -0.655. The Hall–Kier alpha value is -2.31. The normalized spacial score (nSPS) is 20.0. The number of nitrogens with one attached hydrogen (secondary N) is 1. The molecule has 0 aliphatic carbocycles. The van der Waals surface area contributed by atoms with Gasteiger partial charge in [0.25, 0.3) is 0 Å². The Labute approximate surface area is 219 Å². The second-order valence-electron chi connectivity index (χ2n) is 9.81. The van der Waals surface area contributed by atoms with Crippen LogP contribution in [0.25, 0.3) is 0 Å². The van der Waals surface area contributed by atoms with Crippen molar-refractivity contribution < 1.29 is 26.4 Å². The molecule has 0 bridgehead atoms. The number of nitrogens with zero attached hydrogens (tertiary/aromatic N) is 2. The topological polar surface area (TPSA) is 113 Å². The van der Waals surface area contributed by atoms with Crippen molar-refractivity contribution in [3.63, 3.8) is 0 Å². The smallest absolute Gasteiger partial charge is 0.243 e. The van der Waals surface area contributed by atoms with Crippen molar-refractivity contribution in [3.8, 4) is 0 Å². The van der Waals surface area contributed by atoms with Crippen LogP contribution in [0.2, 0.25) is 0 Å². The Balaban J connectivity index is 1.38. The van der Waals surface area contributed by atoms with Gasteiger partial charge < -0.3 is 10.1 Å². The first-order valence-electron chi connectivity index (χ1n) is 12.5. The predicted molar refractivity (Wildman–Crippen MR) is 140 cm³/mol. The highest BCUT2D eigenvalue weighted by Crippen LogP contribution is 2.29. The first kappa shape index (κ1) is 27.7. The lowest BCUT2D eigenvalue weighted by Gasteiger charge is -2.32. The molecule has 0 spiro atoms. The van der Waals surface area contributed by atoms with Crippen LogP contribution in [0.4, 0.5) is 0 Å². The van der Waals surface area contributed by atoms with Crippen LogP contribution in [0.1, 0.15) is 35.1 Å². The average Bonchev–Trinajstić information content (AvgIpc) is 2.87. The molecule has 37 heavy (non-hydrogen) atoms. The largest absolute Gasteiger partial charge is 0.379 e. The summed E-state index contributed by atoms with van der Waals surface area (Å²) in [6.45, 7) is 7.73. The van der Waals surface area contributed by atoms with Gasteiger partial charge >= 0.3 is 0 Å². The number of sulfonamides is 2. The Kier molecular flexibility index (Phi) is 8.39. The molecule has 2 heterocycles. The van der Waals surface area contributed by atoms with Crippen molar-refractivity contribution >= 4 is 26.0 Å². The molecule has 9 nitrogen and oxygen atoms in total. The fraction of sp³-hybridized carbons (Fsp3) is 0.500. The highest BCUT2D eigenvalue weighted by molar-refractivity contribution is 7.89. The Morgan fingerprint density at radius 1 is 0.919 bits per heavy atom.